The first-order valence-corrected chi connectivity index (χ1v) is 7.17. The van der Waals surface area contributed by atoms with E-state index in [4.69, 9.17) is 9.47 Å². The van der Waals surface area contributed by atoms with Crippen LogP contribution in [0.4, 0.5) is 0 Å². The van der Waals surface area contributed by atoms with Crippen molar-refractivity contribution < 1.29 is 19.4 Å². The van der Waals surface area contributed by atoms with Crippen LogP contribution in [0.3, 0.4) is 0 Å². The fraction of sp³-hybridized carbons (Fsp3) is 0.471. The first kappa shape index (κ1) is 17.2. The average Bonchev–Trinajstić information content (AvgIpc) is 2.44. The highest BCUT2D eigenvalue weighted by Gasteiger charge is 2.11. The van der Waals surface area contributed by atoms with E-state index in [1.54, 1.807) is 6.92 Å². The van der Waals surface area contributed by atoms with Crippen LogP contribution in [0.25, 0.3) is 0 Å². The topological polar surface area (TPSA) is 55.8 Å². The molecule has 116 valence electrons. The van der Waals surface area contributed by atoms with Gasteiger partial charge in [0.25, 0.3) is 0 Å². The zero-order valence-electron chi connectivity index (χ0n) is 13.0. The molecule has 0 aliphatic rings. The van der Waals surface area contributed by atoms with Gasteiger partial charge in [-0.05, 0) is 37.5 Å². The second kappa shape index (κ2) is 8.47. The van der Waals surface area contributed by atoms with Crippen molar-refractivity contribution in [3.05, 3.63) is 41.5 Å². The normalized spacial score (nSPS) is 11.8. The van der Waals surface area contributed by atoms with Gasteiger partial charge < -0.3 is 14.6 Å². The smallest absolute Gasteiger partial charge is 0.333 e. The van der Waals surface area contributed by atoms with Crippen molar-refractivity contribution in [3.63, 3.8) is 0 Å². The Morgan fingerprint density at radius 3 is 2.67 bits per heavy atom. The number of hydrogen-bond acceptors (Lipinski definition) is 4. The van der Waals surface area contributed by atoms with Gasteiger partial charge in [0.15, 0.2) is 0 Å². The number of carbonyl (C=O) groups is 1. The second-order valence-corrected chi connectivity index (χ2v) is 5.19. The fourth-order valence-corrected chi connectivity index (χ4v) is 1.85. The summed E-state index contributed by atoms with van der Waals surface area (Å²) in [5, 5.41) is 9.74. The highest BCUT2D eigenvalue weighted by Crippen LogP contribution is 2.20. The van der Waals surface area contributed by atoms with E-state index < -0.39 is 12.1 Å². The standard InChI is InChI=1S/C17H24O4/c1-5-6-14-7-8-16(13(4)9-14)20-10-15(18)11-21-17(19)12(2)3/h7-9,15,18H,2,5-6,10-11H2,1,3-4H3. The molecule has 0 spiro atoms. The Hall–Kier alpha value is -1.81. The maximum atomic E-state index is 11.2. The molecule has 0 aliphatic heterocycles. The molecule has 0 fully saturated rings. The highest BCUT2D eigenvalue weighted by atomic mass is 16.5. The molecule has 1 atom stereocenters. The van der Waals surface area contributed by atoms with Crippen LogP contribution >= 0.6 is 0 Å². The molecule has 0 saturated carbocycles. The van der Waals surface area contributed by atoms with Crippen molar-refractivity contribution in [2.75, 3.05) is 13.2 Å². The van der Waals surface area contributed by atoms with Crippen molar-refractivity contribution in [2.45, 2.75) is 39.7 Å². The summed E-state index contributed by atoms with van der Waals surface area (Å²) >= 11 is 0. The second-order valence-electron chi connectivity index (χ2n) is 5.19. The number of aliphatic hydroxyl groups excluding tert-OH is 1. The Morgan fingerprint density at radius 2 is 2.10 bits per heavy atom. The molecule has 0 heterocycles. The van der Waals surface area contributed by atoms with Crippen LogP contribution < -0.4 is 4.74 Å². The van der Waals surface area contributed by atoms with Crippen molar-refractivity contribution >= 4 is 5.97 Å². The molecule has 4 nitrogen and oxygen atoms in total. The summed E-state index contributed by atoms with van der Waals surface area (Å²) in [5.41, 5.74) is 2.62. The van der Waals surface area contributed by atoms with Gasteiger partial charge in [0.2, 0.25) is 0 Å². The van der Waals surface area contributed by atoms with Gasteiger partial charge in [0.05, 0.1) is 0 Å². The summed E-state index contributed by atoms with van der Waals surface area (Å²) in [7, 11) is 0. The lowest BCUT2D eigenvalue weighted by atomic mass is 10.1. The van der Waals surface area contributed by atoms with Gasteiger partial charge in [-0.15, -0.1) is 0 Å². The predicted molar refractivity (Wildman–Crippen MR) is 82.4 cm³/mol. The summed E-state index contributed by atoms with van der Waals surface area (Å²) in [4.78, 5) is 11.2. The number of rotatable bonds is 8. The van der Waals surface area contributed by atoms with Crippen LogP contribution in [-0.4, -0.2) is 30.4 Å². The Labute approximate surface area is 126 Å². The van der Waals surface area contributed by atoms with Crippen LogP contribution in [0.5, 0.6) is 5.75 Å². The number of hydrogen-bond donors (Lipinski definition) is 1. The fourth-order valence-electron chi connectivity index (χ4n) is 1.85. The minimum Gasteiger partial charge on any atom is -0.490 e. The molecule has 0 aliphatic carbocycles. The predicted octanol–water partition coefficient (Wildman–Crippen LogP) is 2.81. The zero-order valence-corrected chi connectivity index (χ0v) is 13.0. The van der Waals surface area contributed by atoms with Crippen LogP contribution in [0.1, 0.15) is 31.4 Å². The van der Waals surface area contributed by atoms with Crippen LogP contribution in [0.2, 0.25) is 0 Å². The lowest BCUT2D eigenvalue weighted by Gasteiger charge is -2.14. The van der Waals surface area contributed by atoms with E-state index in [0.29, 0.717) is 5.57 Å². The molecule has 0 saturated heterocycles. The molecular formula is C17H24O4. The summed E-state index contributed by atoms with van der Waals surface area (Å²) in [6, 6.07) is 6.03. The molecule has 1 N–H and O–H groups in total. The first-order valence-electron chi connectivity index (χ1n) is 7.17. The van der Waals surface area contributed by atoms with Crippen molar-refractivity contribution in [3.8, 4) is 5.75 Å². The molecule has 0 amide bonds. The molecule has 1 unspecified atom stereocenters. The molecule has 0 bridgehead atoms. The van der Waals surface area contributed by atoms with Crippen LogP contribution in [0, 0.1) is 6.92 Å². The maximum Gasteiger partial charge on any atom is 0.333 e. The van der Waals surface area contributed by atoms with E-state index in [1.807, 2.05) is 19.1 Å². The van der Waals surface area contributed by atoms with Crippen LogP contribution in [0.15, 0.2) is 30.4 Å². The van der Waals surface area contributed by atoms with E-state index in [-0.39, 0.29) is 13.2 Å². The quantitative estimate of drug-likeness (QED) is 0.591. The average molecular weight is 292 g/mol. The summed E-state index contributed by atoms with van der Waals surface area (Å²) in [6.07, 6.45) is 1.29. The molecule has 4 heteroatoms. The number of aryl methyl sites for hydroxylation is 2. The Kier molecular flexibility index (Phi) is 6.96. The van der Waals surface area contributed by atoms with Gasteiger partial charge in [-0.1, -0.05) is 32.1 Å². The number of esters is 1. The number of ether oxygens (including phenoxy) is 2. The van der Waals surface area contributed by atoms with Crippen molar-refractivity contribution in [2.24, 2.45) is 0 Å². The van der Waals surface area contributed by atoms with E-state index in [2.05, 4.69) is 19.6 Å². The van der Waals surface area contributed by atoms with E-state index >= 15 is 0 Å². The minimum absolute atomic E-state index is 0.0808. The van der Waals surface area contributed by atoms with Crippen LogP contribution in [-0.2, 0) is 16.0 Å². The molecule has 1 aromatic rings. The Morgan fingerprint density at radius 1 is 1.38 bits per heavy atom. The number of aliphatic hydroxyl groups is 1. The molecule has 0 aromatic heterocycles. The molecule has 1 aromatic carbocycles. The summed E-state index contributed by atoms with van der Waals surface area (Å²) in [6.45, 7) is 9.13. The lowest BCUT2D eigenvalue weighted by Crippen LogP contribution is -2.25. The Balaban J connectivity index is 2.44. The van der Waals surface area contributed by atoms with E-state index in [9.17, 15) is 9.90 Å². The third-order valence-corrected chi connectivity index (χ3v) is 2.96. The minimum atomic E-state index is -0.858. The molecule has 1 rings (SSSR count). The molecular weight excluding hydrogens is 268 g/mol. The molecule has 21 heavy (non-hydrogen) atoms. The van der Waals surface area contributed by atoms with Crippen molar-refractivity contribution in [1.82, 2.24) is 0 Å². The number of carbonyl (C=O) groups excluding carboxylic acids is 1. The maximum absolute atomic E-state index is 11.2. The molecule has 0 radical (unpaired) electrons. The van der Waals surface area contributed by atoms with Crippen molar-refractivity contribution in [1.29, 1.82) is 0 Å². The summed E-state index contributed by atoms with van der Waals surface area (Å²) in [5.74, 6) is 0.231. The van der Waals surface area contributed by atoms with Gasteiger partial charge >= 0.3 is 5.97 Å². The van der Waals surface area contributed by atoms with Gasteiger partial charge in [-0.2, -0.15) is 0 Å². The largest absolute Gasteiger partial charge is 0.490 e. The SMILES string of the molecule is C=C(C)C(=O)OCC(O)COc1ccc(CCC)cc1C. The monoisotopic (exact) mass is 292 g/mol. The zero-order chi connectivity index (χ0) is 15.8. The third-order valence-electron chi connectivity index (χ3n) is 2.96. The van der Waals surface area contributed by atoms with Gasteiger partial charge in [-0.3, -0.25) is 0 Å². The van der Waals surface area contributed by atoms with Gasteiger partial charge in [-0.25, -0.2) is 4.79 Å². The first-order chi connectivity index (χ1) is 9.93. The van der Waals surface area contributed by atoms with Gasteiger partial charge in [0.1, 0.15) is 25.1 Å². The third kappa shape index (κ3) is 6.00. The summed E-state index contributed by atoms with van der Waals surface area (Å²) < 4.78 is 10.4. The highest BCUT2D eigenvalue weighted by molar-refractivity contribution is 5.86. The van der Waals surface area contributed by atoms with E-state index in [0.717, 1.165) is 24.2 Å². The lowest BCUT2D eigenvalue weighted by molar-refractivity contribution is -0.142. The van der Waals surface area contributed by atoms with Gasteiger partial charge in [0, 0.05) is 5.57 Å². The van der Waals surface area contributed by atoms with E-state index in [1.165, 1.54) is 5.56 Å². The Bertz CT molecular complexity index is 494. The number of benzene rings is 1.